The average Bonchev–Trinajstić information content (AvgIpc) is 2.48. The Balaban J connectivity index is 1.85. The Kier molecular flexibility index (Phi) is 5.22. The van der Waals surface area contributed by atoms with Gasteiger partial charge in [0.15, 0.2) is 0 Å². The summed E-state index contributed by atoms with van der Waals surface area (Å²) in [4.78, 5) is 12.0. The van der Waals surface area contributed by atoms with Crippen molar-refractivity contribution in [2.24, 2.45) is 5.92 Å². The number of hydrogen-bond donors (Lipinski definition) is 1. The van der Waals surface area contributed by atoms with Crippen LogP contribution >= 0.6 is 0 Å². The second-order valence-corrected chi connectivity index (χ2v) is 5.34. The van der Waals surface area contributed by atoms with E-state index < -0.39 is 0 Å². The average molecular weight is 273 g/mol. The lowest BCUT2D eigenvalue weighted by molar-refractivity contribution is -0.125. The van der Waals surface area contributed by atoms with Crippen molar-refractivity contribution in [2.75, 3.05) is 13.7 Å². The van der Waals surface area contributed by atoms with Crippen molar-refractivity contribution in [3.63, 3.8) is 0 Å². The zero-order chi connectivity index (χ0) is 14.4. The molecule has 1 aliphatic carbocycles. The summed E-state index contributed by atoms with van der Waals surface area (Å²) < 4.78 is 5.35. The van der Waals surface area contributed by atoms with Crippen molar-refractivity contribution in [3.05, 3.63) is 41.5 Å². The quantitative estimate of drug-likeness (QED) is 0.837. The maximum absolute atomic E-state index is 12.0. The van der Waals surface area contributed by atoms with Crippen molar-refractivity contribution in [1.82, 2.24) is 5.32 Å². The van der Waals surface area contributed by atoms with E-state index in [4.69, 9.17) is 4.74 Å². The molecule has 1 amide bonds. The van der Waals surface area contributed by atoms with E-state index in [0.29, 0.717) is 6.54 Å². The van der Waals surface area contributed by atoms with Gasteiger partial charge in [-0.25, -0.2) is 0 Å². The van der Waals surface area contributed by atoms with E-state index in [9.17, 15) is 4.79 Å². The first kappa shape index (κ1) is 14.6. The Morgan fingerprint density at radius 3 is 2.95 bits per heavy atom. The number of hydrogen-bond acceptors (Lipinski definition) is 2. The topological polar surface area (TPSA) is 38.3 Å². The third-order valence-corrected chi connectivity index (χ3v) is 3.77. The van der Waals surface area contributed by atoms with Crippen molar-refractivity contribution >= 4 is 5.91 Å². The van der Waals surface area contributed by atoms with E-state index in [2.05, 4.69) is 30.5 Å². The molecule has 3 heteroatoms. The summed E-state index contributed by atoms with van der Waals surface area (Å²) in [7, 11) is 1.68. The highest BCUT2D eigenvalue weighted by Gasteiger charge is 2.18. The number of ether oxygens (including phenoxy) is 1. The van der Waals surface area contributed by atoms with Gasteiger partial charge in [0.05, 0.1) is 7.11 Å². The largest absolute Gasteiger partial charge is 0.496 e. The fourth-order valence-electron chi connectivity index (χ4n) is 2.60. The summed E-state index contributed by atoms with van der Waals surface area (Å²) >= 11 is 0. The number of amides is 1. The van der Waals surface area contributed by atoms with E-state index in [1.165, 1.54) is 5.56 Å². The lowest BCUT2D eigenvalue weighted by Gasteiger charge is -2.17. The van der Waals surface area contributed by atoms with E-state index in [1.807, 2.05) is 12.1 Å². The molecule has 1 atom stereocenters. The fraction of sp³-hybridized carbons (Fsp3) is 0.471. The minimum Gasteiger partial charge on any atom is -0.496 e. The summed E-state index contributed by atoms with van der Waals surface area (Å²) in [6.45, 7) is 2.73. The van der Waals surface area contributed by atoms with Crippen LogP contribution in [-0.2, 0) is 11.2 Å². The molecule has 0 heterocycles. The van der Waals surface area contributed by atoms with Gasteiger partial charge in [-0.05, 0) is 44.2 Å². The molecule has 0 saturated heterocycles. The molecule has 0 radical (unpaired) electrons. The van der Waals surface area contributed by atoms with Crippen molar-refractivity contribution in [1.29, 1.82) is 0 Å². The Morgan fingerprint density at radius 1 is 1.40 bits per heavy atom. The SMILES string of the molecule is COc1ccc(C)cc1CCNC(=O)[C@H]1CC=CCC1. The predicted molar refractivity (Wildman–Crippen MR) is 80.9 cm³/mol. The summed E-state index contributed by atoms with van der Waals surface area (Å²) in [5, 5.41) is 3.04. The van der Waals surface area contributed by atoms with Crippen LogP contribution in [-0.4, -0.2) is 19.6 Å². The van der Waals surface area contributed by atoms with E-state index >= 15 is 0 Å². The fourth-order valence-corrected chi connectivity index (χ4v) is 2.60. The molecule has 1 aliphatic rings. The van der Waals surface area contributed by atoms with Gasteiger partial charge in [-0.3, -0.25) is 4.79 Å². The molecule has 2 rings (SSSR count). The van der Waals surface area contributed by atoms with Crippen LogP contribution in [0, 0.1) is 12.8 Å². The van der Waals surface area contributed by atoms with Crippen LogP contribution in [0.5, 0.6) is 5.75 Å². The number of aryl methyl sites for hydroxylation is 1. The second kappa shape index (κ2) is 7.13. The summed E-state index contributed by atoms with van der Waals surface area (Å²) in [5.74, 6) is 1.23. The third-order valence-electron chi connectivity index (χ3n) is 3.77. The smallest absolute Gasteiger partial charge is 0.223 e. The van der Waals surface area contributed by atoms with Gasteiger partial charge in [-0.2, -0.15) is 0 Å². The lowest BCUT2D eigenvalue weighted by atomic mass is 9.93. The number of benzene rings is 1. The summed E-state index contributed by atoms with van der Waals surface area (Å²) in [5.41, 5.74) is 2.36. The number of carbonyl (C=O) groups is 1. The van der Waals surface area contributed by atoms with Crippen LogP contribution in [0.25, 0.3) is 0 Å². The number of nitrogens with one attached hydrogen (secondary N) is 1. The molecule has 0 spiro atoms. The highest BCUT2D eigenvalue weighted by molar-refractivity contribution is 5.78. The van der Waals surface area contributed by atoms with Gasteiger partial charge in [0.2, 0.25) is 5.91 Å². The summed E-state index contributed by atoms with van der Waals surface area (Å²) in [6, 6.07) is 6.14. The molecule has 3 nitrogen and oxygen atoms in total. The molecule has 0 fully saturated rings. The lowest BCUT2D eigenvalue weighted by Crippen LogP contribution is -2.32. The molecular weight excluding hydrogens is 250 g/mol. The normalized spacial score (nSPS) is 17.8. The van der Waals surface area contributed by atoms with Crippen molar-refractivity contribution in [2.45, 2.75) is 32.6 Å². The van der Waals surface area contributed by atoms with Crippen LogP contribution in [0.2, 0.25) is 0 Å². The minimum absolute atomic E-state index is 0.152. The van der Waals surface area contributed by atoms with Gasteiger partial charge in [0.1, 0.15) is 5.75 Å². The maximum Gasteiger partial charge on any atom is 0.223 e. The van der Waals surface area contributed by atoms with Crippen LogP contribution < -0.4 is 10.1 Å². The van der Waals surface area contributed by atoms with Crippen molar-refractivity contribution < 1.29 is 9.53 Å². The molecule has 1 N–H and O–H groups in total. The maximum atomic E-state index is 12.0. The highest BCUT2D eigenvalue weighted by atomic mass is 16.5. The van der Waals surface area contributed by atoms with Gasteiger partial charge >= 0.3 is 0 Å². The molecule has 0 bridgehead atoms. The standard InChI is InChI=1S/C17H23NO2/c1-13-8-9-16(20-2)15(12-13)10-11-18-17(19)14-6-4-3-5-7-14/h3-4,8-9,12,14H,5-7,10-11H2,1-2H3,(H,18,19)/t14-/m0/s1. The molecule has 1 aromatic carbocycles. The highest BCUT2D eigenvalue weighted by Crippen LogP contribution is 2.20. The Hall–Kier alpha value is -1.77. The number of rotatable bonds is 5. The molecule has 108 valence electrons. The molecule has 1 aromatic rings. The van der Waals surface area contributed by atoms with Crippen LogP contribution in [0.4, 0.5) is 0 Å². The van der Waals surface area contributed by atoms with Crippen LogP contribution in [0.1, 0.15) is 30.4 Å². The predicted octanol–water partition coefficient (Wildman–Crippen LogP) is 3.02. The number of carbonyl (C=O) groups excluding carboxylic acids is 1. The van der Waals surface area contributed by atoms with E-state index in [1.54, 1.807) is 7.11 Å². The first-order valence-electron chi connectivity index (χ1n) is 7.27. The summed E-state index contributed by atoms with van der Waals surface area (Å²) in [6.07, 6.45) is 7.93. The third kappa shape index (κ3) is 3.86. The van der Waals surface area contributed by atoms with Gasteiger partial charge < -0.3 is 10.1 Å². The molecule has 0 aromatic heterocycles. The van der Waals surface area contributed by atoms with Crippen LogP contribution in [0.15, 0.2) is 30.4 Å². The molecule has 20 heavy (non-hydrogen) atoms. The molecule has 0 aliphatic heterocycles. The van der Waals surface area contributed by atoms with E-state index in [0.717, 1.165) is 37.0 Å². The van der Waals surface area contributed by atoms with Crippen LogP contribution in [0.3, 0.4) is 0 Å². The Labute approximate surface area is 121 Å². The number of allylic oxidation sites excluding steroid dienone is 2. The van der Waals surface area contributed by atoms with Gasteiger partial charge in [0, 0.05) is 12.5 Å². The minimum atomic E-state index is 0.152. The monoisotopic (exact) mass is 273 g/mol. The van der Waals surface area contributed by atoms with E-state index in [-0.39, 0.29) is 11.8 Å². The zero-order valence-corrected chi connectivity index (χ0v) is 12.3. The first-order valence-corrected chi connectivity index (χ1v) is 7.27. The Morgan fingerprint density at radius 2 is 2.25 bits per heavy atom. The second-order valence-electron chi connectivity index (χ2n) is 5.34. The van der Waals surface area contributed by atoms with Gasteiger partial charge in [-0.1, -0.05) is 29.8 Å². The van der Waals surface area contributed by atoms with Gasteiger partial charge in [0.25, 0.3) is 0 Å². The molecule has 0 saturated carbocycles. The Bertz CT molecular complexity index is 494. The van der Waals surface area contributed by atoms with Crippen molar-refractivity contribution in [3.8, 4) is 5.75 Å². The number of methoxy groups -OCH3 is 1. The first-order chi connectivity index (χ1) is 9.70. The molecular formula is C17H23NO2. The molecule has 0 unspecified atom stereocenters. The van der Waals surface area contributed by atoms with Gasteiger partial charge in [-0.15, -0.1) is 0 Å². The zero-order valence-electron chi connectivity index (χ0n) is 12.3.